The predicted octanol–water partition coefficient (Wildman–Crippen LogP) is 5.50. The summed E-state index contributed by atoms with van der Waals surface area (Å²) >= 11 is 6.32. The van der Waals surface area contributed by atoms with Crippen LogP contribution >= 0.6 is 11.6 Å². The maximum atomic E-state index is 12.4. The molecule has 3 aromatic rings. The second kappa shape index (κ2) is 7.54. The van der Waals surface area contributed by atoms with Gasteiger partial charge >= 0.3 is 6.09 Å². The van der Waals surface area contributed by atoms with Gasteiger partial charge in [-0.15, -0.1) is 0 Å². The molecule has 3 heterocycles. The van der Waals surface area contributed by atoms with Crippen LogP contribution in [-0.4, -0.2) is 47.3 Å². The molecular formula is C22H26ClN3O4. The second-order valence-corrected chi connectivity index (χ2v) is 9.11. The number of fused-ring (bicyclic) bond motifs is 1. The van der Waals surface area contributed by atoms with Gasteiger partial charge in [0.25, 0.3) is 6.01 Å². The molecule has 1 fully saturated rings. The Morgan fingerprint density at radius 2 is 2.00 bits per heavy atom. The first-order valence-electron chi connectivity index (χ1n) is 10.0. The molecule has 0 saturated carbocycles. The lowest BCUT2D eigenvalue weighted by atomic mass is 10.1. The zero-order valence-corrected chi connectivity index (χ0v) is 18.6. The van der Waals surface area contributed by atoms with E-state index in [4.69, 9.17) is 25.2 Å². The SMILES string of the molecule is Cc1ccc(-c2cc(Cl)cc3nc(N4CCN(C(=O)OC(C)(C)C)CC4C)oc23)o1. The number of carbonyl (C=O) groups is 1. The molecule has 0 aliphatic carbocycles. The molecule has 1 aromatic carbocycles. The monoisotopic (exact) mass is 431 g/mol. The van der Waals surface area contributed by atoms with Gasteiger partial charge < -0.3 is 23.4 Å². The third kappa shape index (κ3) is 4.12. The Labute approximate surface area is 180 Å². The minimum Gasteiger partial charge on any atom is -0.461 e. The lowest BCUT2D eigenvalue weighted by Crippen LogP contribution is -2.54. The molecule has 0 spiro atoms. The van der Waals surface area contributed by atoms with E-state index in [-0.39, 0.29) is 12.1 Å². The number of rotatable bonds is 2. The van der Waals surface area contributed by atoms with Crippen LogP contribution in [0.5, 0.6) is 0 Å². The highest BCUT2D eigenvalue weighted by Gasteiger charge is 2.32. The van der Waals surface area contributed by atoms with Gasteiger partial charge in [0.05, 0.1) is 5.56 Å². The summed E-state index contributed by atoms with van der Waals surface area (Å²) in [5.74, 6) is 1.50. The van der Waals surface area contributed by atoms with Crippen LogP contribution in [0.2, 0.25) is 5.02 Å². The highest BCUT2D eigenvalue weighted by molar-refractivity contribution is 6.31. The Kier molecular flexibility index (Phi) is 5.18. The van der Waals surface area contributed by atoms with E-state index >= 15 is 0 Å². The number of benzene rings is 1. The highest BCUT2D eigenvalue weighted by atomic mass is 35.5. The summed E-state index contributed by atoms with van der Waals surface area (Å²) in [5, 5.41) is 0.564. The number of oxazole rings is 1. The van der Waals surface area contributed by atoms with E-state index in [0.29, 0.717) is 47.5 Å². The van der Waals surface area contributed by atoms with Crippen LogP contribution < -0.4 is 4.90 Å². The number of hydrogen-bond acceptors (Lipinski definition) is 6. The molecule has 7 nitrogen and oxygen atoms in total. The highest BCUT2D eigenvalue weighted by Crippen LogP contribution is 2.36. The summed E-state index contributed by atoms with van der Waals surface area (Å²) in [6, 6.07) is 7.92. The van der Waals surface area contributed by atoms with Crippen molar-refractivity contribution in [2.75, 3.05) is 24.5 Å². The number of piperazine rings is 1. The number of anilines is 1. The zero-order chi connectivity index (χ0) is 21.6. The number of ether oxygens (including phenoxy) is 1. The number of aromatic nitrogens is 1. The van der Waals surface area contributed by atoms with E-state index in [1.807, 2.05) is 52.8 Å². The summed E-state index contributed by atoms with van der Waals surface area (Å²) in [7, 11) is 0. The number of carbonyl (C=O) groups excluding carboxylic acids is 1. The Balaban J connectivity index is 1.59. The van der Waals surface area contributed by atoms with Crippen LogP contribution in [0, 0.1) is 6.92 Å². The van der Waals surface area contributed by atoms with Gasteiger partial charge in [-0.3, -0.25) is 0 Å². The lowest BCUT2D eigenvalue weighted by Gasteiger charge is -2.39. The van der Waals surface area contributed by atoms with Crippen LogP contribution in [0.1, 0.15) is 33.5 Å². The van der Waals surface area contributed by atoms with Gasteiger partial charge in [0.15, 0.2) is 5.58 Å². The van der Waals surface area contributed by atoms with Gasteiger partial charge in [-0.05, 0) is 58.9 Å². The van der Waals surface area contributed by atoms with Crippen molar-refractivity contribution in [1.29, 1.82) is 0 Å². The molecule has 1 aliphatic heterocycles. The molecule has 0 bridgehead atoms. The molecule has 8 heteroatoms. The average Bonchev–Trinajstić information content (AvgIpc) is 3.25. The standard InChI is InChI=1S/C22H26ClN3O4/c1-13-12-25(21(27)30-22(3,4)5)8-9-26(13)20-24-17-11-15(23)10-16(19(17)29-20)18-7-6-14(2)28-18/h6-7,10-11,13H,8-9,12H2,1-5H3. The molecule has 160 valence electrons. The topological polar surface area (TPSA) is 72.0 Å². The maximum Gasteiger partial charge on any atom is 0.410 e. The minimum atomic E-state index is -0.516. The predicted molar refractivity (Wildman–Crippen MR) is 116 cm³/mol. The Bertz CT molecular complexity index is 1080. The van der Waals surface area contributed by atoms with Crippen molar-refractivity contribution in [3.8, 4) is 11.3 Å². The normalized spacial score (nSPS) is 17.6. The lowest BCUT2D eigenvalue weighted by molar-refractivity contribution is 0.0216. The molecule has 1 unspecified atom stereocenters. The van der Waals surface area contributed by atoms with Crippen LogP contribution in [0.4, 0.5) is 10.8 Å². The molecule has 1 atom stereocenters. The third-order valence-corrected chi connectivity index (χ3v) is 5.19. The van der Waals surface area contributed by atoms with E-state index in [0.717, 1.165) is 11.3 Å². The van der Waals surface area contributed by atoms with Crippen LogP contribution in [0.3, 0.4) is 0 Å². The molecule has 0 radical (unpaired) electrons. The van der Waals surface area contributed by atoms with Crippen molar-refractivity contribution in [3.63, 3.8) is 0 Å². The summed E-state index contributed by atoms with van der Waals surface area (Å²) in [6.07, 6.45) is -0.297. The number of halogens is 1. The Hall–Kier alpha value is -2.67. The molecule has 2 aromatic heterocycles. The van der Waals surface area contributed by atoms with Gasteiger partial charge in [0.2, 0.25) is 0 Å². The van der Waals surface area contributed by atoms with Crippen molar-refractivity contribution < 1.29 is 18.4 Å². The minimum absolute atomic E-state index is 0.0177. The van der Waals surface area contributed by atoms with Gasteiger partial charge in [-0.1, -0.05) is 11.6 Å². The first-order valence-corrected chi connectivity index (χ1v) is 10.4. The van der Waals surface area contributed by atoms with E-state index < -0.39 is 5.60 Å². The Morgan fingerprint density at radius 3 is 2.63 bits per heavy atom. The summed E-state index contributed by atoms with van der Waals surface area (Å²) in [5.41, 5.74) is 1.55. The maximum absolute atomic E-state index is 12.4. The fourth-order valence-electron chi connectivity index (χ4n) is 3.61. The first kappa shape index (κ1) is 20.6. The number of hydrogen-bond donors (Lipinski definition) is 0. The molecule has 0 N–H and O–H groups in total. The van der Waals surface area contributed by atoms with Crippen molar-refractivity contribution in [1.82, 2.24) is 9.88 Å². The molecule has 30 heavy (non-hydrogen) atoms. The number of furan rings is 1. The van der Waals surface area contributed by atoms with E-state index in [1.54, 1.807) is 11.0 Å². The van der Waals surface area contributed by atoms with E-state index in [9.17, 15) is 4.79 Å². The number of amides is 1. The quantitative estimate of drug-likeness (QED) is 0.533. The zero-order valence-electron chi connectivity index (χ0n) is 17.9. The summed E-state index contributed by atoms with van der Waals surface area (Å²) in [6.45, 7) is 11.2. The van der Waals surface area contributed by atoms with Crippen molar-refractivity contribution in [2.24, 2.45) is 0 Å². The fourth-order valence-corrected chi connectivity index (χ4v) is 3.82. The summed E-state index contributed by atoms with van der Waals surface area (Å²) in [4.78, 5) is 20.9. The van der Waals surface area contributed by atoms with Gasteiger partial charge in [0.1, 0.15) is 22.6 Å². The van der Waals surface area contributed by atoms with E-state index in [1.165, 1.54) is 0 Å². The van der Waals surface area contributed by atoms with Gasteiger partial charge in [-0.25, -0.2) is 4.79 Å². The molecule has 4 rings (SSSR count). The first-order chi connectivity index (χ1) is 14.1. The second-order valence-electron chi connectivity index (χ2n) is 8.68. The Morgan fingerprint density at radius 1 is 1.23 bits per heavy atom. The van der Waals surface area contributed by atoms with Gasteiger partial charge in [-0.2, -0.15) is 4.98 Å². The molecule has 1 aliphatic rings. The van der Waals surface area contributed by atoms with Gasteiger partial charge in [0, 0.05) is 30.7 Å². The molecular weight excluding hydrogens is 406 g/mol. The van der Waals surface area contributed by atoms with Crippen LogP contribution in [0.15, 0.2) is 33.1 Å². The molecule has 1 saturated heterocycles. The number of aryl methyl sites for hydroxylation is 1. The van der Waals surface area contributed by atoms with Crippen molar-refractivity contribution >= 4 is 34.8 Å². The average molecular weight is 432 g/mol. The number of nitrogens with zero attached hydrogens (tertiary/aromatic N) is 3. The third-order valence-electron chi connectivity index (χ3n) is 4.97. The van der Waals surface area contributed by atoms with Crippen LogP contribution in [-0.2, 0) is 4.74 Å². The van der Waals surface area contributed by atoms with E-state index in [2.05, 4.69) is 9.88 Å². The molecule has 1 amide bonds. The van der Waals surface area contributed by atoms with Crippen molar-refractivity contribution in [3.05, 3.63) is 35.0 Å². The van der Waals surface area contributed by atoms with Crippen LogP contribution in [0.25, 0.3) is 22.4 Å². The fraction of sp³-hybridized carbons (Fsp3) is 0.455. The summed E-state index contributed by atoms with van der Waals surface area (Å²) < 4.78 is 17.4. The van der Waals surface area contributed by atoms with Crippen molar-refractivity contribution in [2.45, 2.75) is 46.3 Å². The smallest absolute Gasteiger partial charge is 0.410 e. The largest absolute Gasteiger partial charge is 0.461 e.